The Kier molecular flexibility index (Phi) is 3.18. The molecule has 112 valence electrons. The van der Waals surface area contributed by atoms with Gasteiger partial charge in [0.15, 0.2) is 5.69 Å². The van der Waals surface area contributed by atoms with Gasteiger partial charge in [0.25, 0.3) is 10.0 Å². The molecule has 0 fully saturated rings. The smallest absolute Gasteiger partial charge is 0.199 e. The van der Waals surface area contributed by atoms with Gasteiger partial charge in [-0.05, 0) is 32.1 Å². The summed E-state index contributed by atoms with van der Waals surface area (Å²) >= 11 is 0. The molecule has 0 N–H and O–H groups in total. The minimum absolute atomic E-state index is 0.00613. The molecule has 5 nitrogen and oxygen atoms in total. The van der Waals surface area contributed by atoms with E-state index in [0.29, 0.717) is 11.3 Å². The molecule has 1 aromatic carbocycles. The van der Waals surface area contributed by atoms with Crippen molar-refractivity contribution in [1.29, 1.82) is 5.26 Å². The van der Waals surface area contributed by atoms with E-state index in [1.807, 2.05) is 26.8 Å². The van der Waals surface area contributed by atoms with Crippen LogP contribution in [0.2, 0.25) is 0 Å². The summed E-state index contributed by atoms with van der Waals surface area (Å²) in [6, 6.07) is 8.60. The Hall–Kier alpha value is -2.39. The molecule has 0 radical (unpaired) electrons. The van der Waals surface area contributed by atoms with E-state index < -0.39 is 10.0 Å². The van der Waals surface area contributed by atoms with Crippen molar-refractivity contribution in [2.45, 2.75) is 31.6 Å². The van der Waals surface area contributed by atoms with Gasteiger partial charge in [-0.1, -0.05) is 30.2 Å². The molecule has 0 saturated carbocycles. The molecular formula is C16H15N3O2S. The van der Waals surface area contributed by atoms with E-state index in [0.717, 1.165) is 15.2 Å². The highest BCUT2D eigenvalue weighted by molar-refractivity contribution is 7.89. The number of allylic oxidation sites excluding steroid dienone is 1. The lowest BCUT2D eigenvalue weighted by Crippen LogP contribution is -2.16. The Morgan fingerprint density at radius 1 is 1.23 bits per heavy atom. The monoisotopic (exact) mass is 313 g/mol. The average molecular weight is 313 g/mol. The van der Waals surface area contributed by atoms with E-state index in [4.69, 9.17) is 0 Å². The summed E-state index contributed by atoms with van der Waals surface area (Å²) in [6.45, 7) is 5.77. The van der Waals surface area contributed by atoms with Crippen molar-refractivity contribution in [3.8, 4) is 6.07 Å². The zero-order chi connectivity index (χ0) is 16.1. The number of benzene rings is 1. The number of nitrogens with zero attached hydrogens (tertiary/aromatic N) is 3. The van der Waals surface area contributed by atoms with Crippen LogP contribution in [-0.4, -0.2) is 17.6 Å². The van der Waals surface area contributed by atoms with Gasteiger partial charge in [0.1, 0.15) is 6.07 Å². The third kappa shape index (κ3) is 1.97. The first kappa shape index (κ1) is 14.5. The molecule has 1 atom stereocenters. The largest absolute Gasteiger partial charge is 0.283 e. The van der Waals surface area contributed by atoms with E-state index in [1.165, 1.54) is 0 Å². The molecule has 0 amide bonds. The van der Waals surface area contributed by atoms with Gasteiger partial charge in [0.2, 0.25) is 0 Å². The van der Waals surface area contributed by atoms with E-state index >= 15 is 0 Å². The highest BCUT2D eigenvalue weighted by Gasteiger charge is 2.32. The number of fused-ring (bicyclic) bond motifs is 1. The molecule has 0 unspecified atom stereocenters. The van der Waals surface area contributed by atoms with Crippen molar-refractivity contribution in [2.24, 2.45) is 0 Å². The van der Waals surface area contributed by atoms with E-state index in [2.05, 4.69) is 5.10 Å². The Balaban J connectivity index is 2.24. The van der Waals surface area contributed by atoms with Gasteiger partial charge < -0.3 is 0 Å². The summed E-state index contributed by atoms with van der Waals surface area (Å²) in [5, 5.41) is 13.3. The molecule has 6 heteroatoms. The quantitative estimate of drug-likeness (QED) is 0.854. The standard InChI is InChI=1S/C16H15N3O2S/c1-10-4-6-13(7-5-10)22(20,21)19-15-8-11(2)12(3)16(15)14(9-17)18-19/h4-8,12H,1-3H3/t12-/m0/s1. The van der Waals surface area contributed by atoms with Crippen molar-refractivity contribution in [2.75, 3.05) is 0 Å². The summed E-state index contributed by atoms with van der Waals surface area (Å²) < 4.78 is 26.6. The second kappa shape index (κ2) is 4.82. The molecule has 0 bridgehead atoms. The molecule has 0 aliphatic heterocycles. The first-order chi connectivity index (χ1) is 10.4. The number of aromatic nitrogens is 2. The molecule has 2 aromatic rings. The molecule has 0 spiro atoms. The highest BCUT2D eigenvalue weighted by atomic mass is 32.2. The average Bonchev–Trinajstić information content (AvgIpc) is 2.98. The first-order valence-electron chi connectivity index (χ1n) is 6.89. The fourth-order valence-corrected chi connectivity index (χ4v) is 3.91. The molecule has 3 rings (SSSR count). The van der Waals surface area contributed by atoms with Crippen LogP contribution < -0.4 is 0 Å². The van der Waals surface area contributed by atoms with Crippen molar-refractivity contribution in [1.82, 2.24) is 9.19 Å². The van der Waals surface area contributed by atoms with Gasteiger partial charge in [0, 0.05) is 11.5 Å². The summed E-state index contributed by atoms with van der Waals surface area (Å²) in [4.78, 5) is 0.165. The van der Waals surface area contributed by atoms with E-state index in [-0.39, 0.29) is 16.5 Å². The molecule has 1 aliphatic rings. The number of nitriles is 1. The lowest BCUT2D eigenvalue weighted by atomic mass is 10.00. The van der Waals surface area contributed by atoms with Crippen LogP contribution in [0.4, 0.5) is 0 Å². The van der Waals surface area contributed by atoms with Crippen LogP contribution in [-0.2, 0) is 10.0 Å². The fraction of sp³-hybridized carbons (Fsp3) is 0.250. The summed E-state index contributed by atoms with van der Waals surface area (Å²) in [5.74, 6) is 0.00613. The Bertz CT molecular complexity index is 929. The minimum Gasteiger partial charge on any atom is -0.199 e. The summed E-state index contributed by atoms with van der Waals surface area (Å²) in [7, 11) is -3.81. The number of hydrogen-bond acceptors (Lipinski definition) is 4. The molecule has 1 aliphatic carbocycles. The van der Waals surface area contributed by atoms with Gasteiger partial charge in [0.05, 0.1) is 10.6 Å². The van der Waals surface area contributed by atoms with Crippen LogP contribution in [0.25, 0.3) is 6.08 Å². The SMILES string of the molecule is CC1=Cc2c(c(C#N)nn2S(=O)(=O)c2ccc(C)cc2)[C@H]1C. The van der Waals surface area contributed by atoms with E-state index in [1.54, 1.807) is 30.3 Å². The molecule has 1 aromatic heterocycles. The maximum atomic E-state index is 12.8. The normalized spacial score (nSPS) is 17.0. The van der Waals surface area contributed by atoms with Gasteiger partial charge in [-0.25, -0.2) is 0 Å². The van der Waals surface area contributed by atoms with Gasteiger partial charge in [-0.2, -0.15) is 17.8 Å². The van der Waals surface area contributed by atoms with Crippen molar-refractivity contribution < 1.29 is 8.42 Å². The van der Waals surface area contributed by atoms with E-state index in [9.17, 15) is 13.7 Å². The topological polar surface area (TPSA) is 75.8 Å². The van der Waals surface area contributed by atoms with Crippen LogP contribution in [0.15, 0.2) is 34.7 Å². The minimum atomic E-state index is -3.81. The zero-order valence-electron chi connectivity index (χ0n) is 12.5. The Morgan fingerprint density at radius 2 is 1.86 bits per heavy atom. The highest BCUT2D eigenvalue weighted by Crippen LogP contribution is 2.38. The molecular weight excluding hydrogens is 298 g/mol. The second-order valence-corrected chi connectivity index (χ2v) is 7.30. The zero-order valence-corrected chi connectivity index (χ0v) is 13.3. The lowest BCUT2D eigenvalue weighted by molar-refractivity contribution is 0.579. The Morgan fingerprint density at radius 3 is 2.45 bits per heavy atom. The molecule has 22 heavy (non-hydrogen) atoms. The van der Waals surface area contributed by atoms with Crippen molar-refractivity contribution in [3.05, 3.63) is 52.4 Å². The van der Waals surface area contributed by atoms with Crippen molar-refractivity contribution in [3.63, 3.8) is 0 Å². The fourth-order valence-electron chi connectivity index (χ4n) is 2.63. The van der Waals surface area contributed by atoms with Gasteiger partial charge >= 0.3 is 0 Å². The summed E-state index contributed by atoms with van der Waals surface area (Å²) in [6.07, 6.45) is 1.79. The maximum Gasteiger partial charge on any atom is 0.283 e. The maximum absolute atomic E-state index is 12.8. The van der Waals surface area contributed by atoms with Crippen molar-refractivity contribution >= 4 is 16.1 Å². The lowest BCUT2D eigenvalue weighted by Gasteiger charge is -2.06. The van der Waals surface area contributed by atoms with Crippen LogP contribution >= 0.6 is 0 Å². The third-order valence-corrected chi connectivity index (χ3v) is 5.66. The third-order valence-electron chi connectivity index (χ3n) is 4.06. The predicted octanol–water partition coefficient (Wildman–Crippen LogP) is 2.82. The predicted molar refractivity (Wildman–Crippen MR) is 82.8 cm³/mol. The number of hydrogen-bond donors (Lipinski definition) is 0. The summed E-state index contributed by atoms with van der Waals surface area (Å²) in [5.41, 5.74) is 3.35. The number of aryl methyl sites for hydroxylation is 1. The van der Waals surface area contributed by atoms with Gasteiger partial charge in [-0.3, -0.25) is 0 Å². The van der Waals surface area contributed by atoms with Gasteiger partial charge in [-0.15, -0.1) is 5.10 Å². The molecule has 1 heterocycles. The Labute approximate surface area is 129 Å². The number of rotatable bonds is 2. The van der Waals surface area contributed by atoms with Crippen LogP contribution in [0.1, 0.15) is 42.3 Å². The molecule has 0 saturated heterocycles. The first-order valence-corrected chi connectivity index (χ1v) is 8.33. The van der Waals surface area contributed by atoms with Crippen LogP contribution in [0, 0.1) is 18.3 Å². The van der Waals surface area contributed by atoms with Crippen LogP contribution in [0.3, 0.4) is 0 Å². The second-order valence-electron chi connectivity index (χ2n) is 5.53. The van der Waals surface area contributed by atoms with Crippen LogP contribution in [0.5, 0.6) is 0 Å².